The van der Waals surface area contributed by atoms with Crippen LogP contribution >= 0.6 is 0 Å². The molecular formula is C20H16FN3O2. The number of fused-ring (bicyclic) bond motifs is 1. The van der Waals surface area contributed by atoms with Gasteiger partial charge >= 0.3 is 0 Å². The van der Waals surface area contributed by atoms with Crippen molar-refractivity contribution in [2.45, 2.75) is 19.9 Å². The number of aldehydes is 1. The van der Waals surface area contributed by atoms with Gasteiger partial charge in [-0.05, 0) is 18.6 Å². The summed E-state index contributed by atoms with van der Waals surface area (Å²) in [5.41, 5.74) is 2.53. The molecule has 0 unspecified atom stereocenters. The van der Waals surface area contributed by atoms with Crippen LogP contribution in [0.1, 0.15) is 28.7 Å². The van der Waals surface area contributed by atoms with E-state index in [4.69, 9.17) is 4.42 Å². The Morgan fingerprint density at radius 2 is 1.92 bits per heavy atom. The second-order valence-corrected chi connectivity index (χ2v) is 5.92. The highest BCUT2D eigenvalue weighted by molar-refractivity contribution is 5.91. The number of hydrogen-bond donors (Lipinski definition) is 0. The summed E-state index contributed by atoms with van der Waals surface area (Å²) in [6, 6.07) is 14.2. The second-order valence-electron chi connectivity index (χ2n) is 5.92. The Hall–Kier alpha value is -3.28. The van der Waals surface area contributed by atoms with Crippen LogP contribution in [-0.4, -0.2) is 21.1 Å². The van der Waals surface area contributed by atoms with Crippen molar-refractivity contribution in [3.63, 3.8) is 0 Å². The van der Waals surface area contributed by atoms with Crippen LogP contribution in [0.4, 0.5) is 4.39 Å². The molecule has 0 amide bonds. The average Bonchev–Trinajstić information content (AvgIpc) is 3.25. The van der Waals surface area contributed by atoms with E-state index >= 15 is 0 Å². The van der Waals surface area contributed by atoms with E-state index in [2.05, 4.69) is 10.1 Å². The summed E-state index contributed by atoms with van der Waals surface area (Å²) >= 11 is 0. The SMILES string of the molecule is CCc1nc(-c2nn(Cc3ccccc3F)c3ccccc23)oc1C=O. The number of rotatable bonds is 5. The van der Waals surface area contributed by atoms with Crippen molar-refractivity contribution < 1.29 is 13.6 Å². The van der Waals surface area contributed by atoms with Crippen LogP contribution < -0.4 is 0 Å². The van der Waals surface area contributed by atoms with Gasteiger partial charge < -0.3 is 4.42 Å². The number of halogens is 1. The van der Waals surface area contributed by atoms with E-state index < -0.39 is 0 Å². The van der Waals surface area contributed by atoms with E-state index in [0.717, 1.165) is 10.9 Å². The molecule has 0 saturated carbocycles. The zero-order valence-electron chi connectivity index (χ0n) is 14.1. The minimum Gasteiger partial charge on any atom is -0.431 e. The number of carbonyl (C=O) groups is 1. The second kappa shape index (κ2) is 6.55. The van der Waals surface area contributed by atoms with Crippen molar-refractivity contribution in [1.29, 1.82) is 0 Å². The number of benzene rings is 2. The number of carbonyl (C=O) groups excluding carboxylic acids is 1. The number of aryl methyl sites for hydroxylation is 1. The summed E-state index contributed by atoms with van der Waals surface area (Å²) in [5.74, 6) is 0.240. The third-order valence-corrected chi connectivity index (χ3v) is 4.31. The third kappa shape index (κ3) is 2.69. The summed E-state index contributed by atoms with van der Waals surface area (Å²) in [5, 5.41) is 5.43. The normalized spacial score (nSPS) is 11.2. The number of aromatic nitrogens is 3. The van der Waals surface area contributed by atoms with Crippen molar-refractivity contribution >= 4 is 17.2 Å². The van der Waals surface area contributed by atoms with Crippen molar-refractivity contribution in [2.24, 2.45) is 0 Å². The summed E-state index contributed by atoms with van der Waals surface area (Å²) in [7, 11) is 0. The predicted molar refractivity (Wildman–Crippen MR) is 95.5 cm³/mol. The average molecular weight is 349 g/mol. The third-order valence-electron chi connectivity index (χ3n) is 4.31. The molecule has 5 nitrogen and oxygen atoms in total. The lowest BCUT2D eigenvalue weighted by Crippen LogP contribution is -2.03. The lowest BCUT2D eigenvalue weighted by atomic mass is 10.2. The quantitative estimate of drug-likeness (QED) is 0.505. The highest BCUT2D eigenvalue weighted by Gasteiger charge is 2.19. The Bertz CT molecular complexity index is 1100. The number of hydrogen-bond acceptors (Lipinski definition) is 4. The van der Waals surface area contributed by atoms with Crippen molar-refractivity contribution in [3.8, 4) is 11.6 Å². The monoisotopic (exact) mass is 349 g/mol. The standard InChI is InChI=1S/C20H16FN3O2/c1-2-16-18(12-25)26-20(22-16)19-14-8-4-6-10-17(14)24(23-19)11-13-7-3-5-9-15(13)21/h3-10,12H,2,11H2,1H3. The Labute approximate surface area is 149 Å². The van der Waals surface area contributed by atoms with Gasteiger partial charge in [0.1, 0.15) is 5.82 Å². The van der Waals surface area contributed by atoms with Gasteiger partial charge in [-0.1, -0.05) is 43.3 Å². The Morgan fingerprint density at radius 1 is 1.15 bits per heavy atom. The maximum absolute atomic E-state index is 14.0. The molecule has 0 radical (unpaired) electrons. The van der Waals surface area contributed by atoms with Crippen LogP contribution in [0.5, 0.6) is 0 Å². The van der Waals surface area contributed by atoms with Gasteiger partial charge in [-0.3, -0.25) is 9.48 Å². The molecule has 0 saturated heterocycles. The molecule has 0 bridgehead atoms. The molecule has 4 aromatic rings. The van der Waals surface area contributed by atoms with Gasteiger partial charge in [0.25, 0.3) is 0 Å². The van der Waals surface area contributed by atoms with E-state index in [1.54, 1.807) is 22.9 Å². The van der Waals surface area contributed by atoms with Gasteiger partial charge in [0.2, 0.25) is 5.89 Å². The van der Waals surface area contributed by atoms with Gasteiger partial charge in [0.15, 0.2) is 17.7 Å². The highest BCUT2D eigenvalue weighted by atomic mass is 19.1. The van der Waals surface area contributed by atoms with E-state index in [1.807, 2.05) is 31.2 Å². The zero-order valence-corrected chi connectivity index (χ0v) is 14.1. The fourth-order valence-corrected chi connectivity index (χ4v) is 3.00. The molecule has 2 heterocycles. The molecular weight excluding hydrogens is 333 g/mol. The number of nitrogens with zero attached hydrogens (tertiary/aromatic N) is 3. The molecule has 0 aliphatic heterocycles. The molecule has 0 aliphatic carbocycles. The maximum atomic E-state index is 14.0. The molecule has 4 rings (SSSR count). The van der Waals surface area contributed by atoms with Gasteiger partial charge in [-0.25, -0.2) is 9.37 Å². The van der Waals surface area contributed by atoms with Gasteiger partial charge in [0.05, 0.1) is 17.8 Å². The maximum Gasteiger partial charge on any atom is 0.248 e. The van der Waals surface area contributed by atoms with Crippen LogP contribution in [-0.2, 0) is 13.0 Å². The molecule has 0 spiro atoms. The van der Waals surface area contributed by atoms with Crippen LogP contribution in [0.15, 0.2) is 52.9 Å². The Balaban J connectivity index is 1.85. The van der Waals surface area contributed by atoms with Crippen LogP contribution in [0.25, 0.3) is 22.5 Å². The minimum atomic E-state index is -0.277. The van der Waals surface area contributed by atoms with Gasteiger partial charge in [-0.2, -0.15) is 5.10 Å². The van der Waals surface area contributed by atoms with Crippen LogP contribution in [0.2, 0.25) is 0 Å². The van der Waals surface area contributed by atoms with Crippen molar-refractivity contribution in [3.05, 3.63) is 71.4 Å². The molecule has 0 N–H and O–H groups in total. The Kier molecular flexibility index (Phi) is 4.08. The molecule has 6 heteroatoms. The van der Waals surface area contributed by atoms with Crippen molar-refractivity contribution in [2.75, 3.05) is 0 Å². The molecule has 0 aliphatic rings. The summed E-state index contributed by atoms with van der Waals surface area (Å²) < 4.78 is 21.4. The fourth-order valence-electron chi connectivity index (χ4n) is 3.00. The van der Waals surface area contributed by atoms with E-state index in [9.17, 15) is 9.18 Å². The predicted octanol–water partition coefficient (Wildman–Crippen LogP) is 4.25. The summed E-state index contributed by atoms with van der Waals surface area (Å²) in [6.45, 7) is 2.19. The van der Waals surface area contributed by atoms with Crippen LogP contribution in [0.3, 0.4) is 0 Å². The zero-order chi connectivity index (χ0) is 18.1. The van der Waals surface area contributed by atoms with Crippen molar-refractivity contribution in [1.82, 2.24) is 14.8 Å². The van der Waals surface area contributed by atoms with Gasteiger partial charge in [0, 0.05) is 10.9 Å². The summed E-state index contributed by atoms with van der Waals surface area (Å²) in [4.78, 5) is 15.6. The molecule has 0 atom stereocenters. The fraction of sp³-hybridized carbons (Fsp3) is 0.150. The molecule has 130 valence electrons. The first kappa shape index (κ1) is 16.2. The summed E-state index contributed by atoms with van der Waals surface area (Å²) in [6.07, 6.45) is 1.25. The van der Waals surface area contributed by atoms with E-state index in [-0.39, 0.29) is 18.1 Å². The van der Waals surface area contributed by atoms with E-state index in [1.165, 1.54) is 6.07 Å². The largest absolute Gasteiger partial charge is 0.431 e. The van der Waals surface area contributed by atoms with Gasteiger partial charge in [-0.15, -0.1) is 0 Å². The first-order chi connectivity index (χ1) is 12.7. The minimum absolute atomic E-state index is 0.218. The molecule has 2 aromatic carbocycles. The Morgan fingerprint density at radius 3 is 2.65 bits per heavy atom. The smallest absolute Gasteiger partial charge is 0.248 e. The van der Waals surface area contributed by atoms with E-state index in [0.29, 0.717) is 35.5 Å². The molecule has 26 heavy (non-hydrogen) atoms. The first-order valence-electron chi connectivity index (χ1n) is 8.35. The topological polar surface area (TPSA) is 60.9 Å². The lowest BCUT2D eigenvalue weighted by Gasteiger charge is -2.04. The molecule has 2 aromatic heterocycles. The molecule has 0 fully saturated rings. The van der Waals surface area contributed by atoms with Crippen LogP contribution in [0, 0.1) is 5.82 Å². The first-order valence-corrected chi connectivity index (χ1v) is 8.35. The lowest BCUT2D eigenvalue weighted by molar-refractivity contribution is 0.110. The number of oxazole rings is 1. The number of para-hydroxylation sites is 1. The highest BCUT2D eigenvalue weighted by Crippen LogP contribution is 2.29.